The monoisotopic (exact) mass is 688 g/mol. The summed E-state index contributed by atoms with van der Waals surface area (Å²) in [5, 5.41) is 0. The van der Waals surface area contributed by atoms with Crippen LogP contribution in [0, 0.1) is 11.8 Å². The number of carbonyl (C=O) groups excluding carboxylic acids is 4. The molecule has 4 heterocycles. The number of para-hydroxylation sites is 2. The van der Waals surface area contributed by atoms with Crippen molar-refractivity contribution in [2.45, 2.75) is 128 Å². The third-order valence-corrected chi connectivity index (χ3v) is 13.1. The molecule has 6 unspecified atom stereocenters. The molecule has 5 aliphatic rings. The summed E-state index contributed by atoms with van der Waals surface area (Å²) in [6, 6.07) is 16.9. The quantitative estimate of drug-likeness (QED) is 0.180. The molecule has 1 saturated carbocycles. The van der Waals surface area contributed by atoms with Gasteiger partial charge in [-0.05, 0) is 37.1 Å². The first-order valence-electron chi connectivity index (χ1n) is 18.6. The van der Waals surface area contributed by atoms with Crippen molar-refractivity contribution < 1.29 is 47.1 Å². The van der Waals surface area contributed by atoms with E-state index in [2.05, 4.69) is 14.1 Å². The number of hydrogen-bond acceptors (Lipinski definition) is 8. The van der Waals surface area contributed by atoms with E-state index in [-0.39, 0.29) is 36.1 Å². The maximum Gasteiger partial charge on any atom is 0.310 e. The largest absolute Gasteiger partial charge is 0.462 e. The van der Waals surface area contributed by atoms with Crippen molar-refractivity contribution in [3.63, 3.8) is 0 Å². The van der Waals surface area contributed by atoms with Gasteiger partial charge in [0.15, 0.2) is 0 Å². The molecule has 268 valence electrons. The second-order valence-corrected chi connectivity index (χ2v) is 16.0. The highest BCUT2D eigenvalue weighted by Crippen LogP contribution is 2.47. The van der Waals surface area contributed by atoms with Crippen LogP contribution in [0.5, 0.6) is 11.5 Å². The number of hydrogen-bond donors (Lipinski definition) is 0. The zero-order valence-corrected chi connectivity index (χ0v) is 29.9. The molecule has 0 aromatic heterocycles. The Kier molecular flexibility index (Phi) is 9.54. The van der Waals surface area contributed by atoms with Crippen LogP contribution in [-0.2, 0) is 41.7 Å². The van der Waals surface area contributed by atoms with Gasteiger partial charge in [-0.1, -0.05) is 24.3 Å². The van der Waals surface area contributed by atoms with E-state index in [9.17, 15) is 19.2 Å². The summed E-state index contributed by atoms with van der Waals surface area (Å²) >= 11 is 0. The second kappa shape index (κ2) is 13.8. The number of esters is 4. The number of piperidine rings is 2. The van der Waals surface area contributed by atoms with Crippen LogP contribution in [0.2, 0.25) is 0 Å². The molecule has 2 aromatic carbocycles. The summed E-state index contributed by atoms with van der Waals surface area (Å²) in [5.41, 5.74) is 2.04. The number of ether oxygens (including phenoxy) is 4. The van der Waals surface area contributed by atoms with Crippen LogP contribution in [0.25, 0.3) is 0 Å². The Labute approximate surface area is 295 Å². The van der Waals surface area contributed by atoms with E-state index >= 15 is 0 Å². The molecule has 6 atom stereocenters. The summed E-state index contributed by atoms with van der Waals surface area (Å²) in [7, 11) is 4.56. The molecule has 4 saturated heterocycles. The minimum absolute atomic E-state index is 0.150. The lowest BCUT2D eigenvalue weighted by Gasteiger charge is -2.47. The van der Waals surface area contributed by atoms with Gasteiger partial charge >= 0.3 is 23.9 Å². The van der Waals surface area contributed by atoms with Crippen LogP contribution in [0.15, 0.2) is 48.5 Å². The molecule has 50 heavy (non-hydrogen) atoms. The number of quaternary nitrogens is 2. The van der Waals surface area contributed by atoms with Gasteiger partial charge in [-0.15, -0.1) is 0 Å². The zero-order valence-electron chi connectivity index (χ0n) is 29.9. The van der Waals surface area contributed by atoms with Crippen LogP contribution < -0.4 is 9.47 Å². The fraction of sp³-hybridized carbons (Fsp3) is 0.600. The van der Waals surface area contributed by atoms with E-state index in [0.29, 0.717) is 48.5 Å². The fourth-order valence-corrected chi connectivity index (χ4v) is 10.2. The lowest BCUT2D eigenvalue weighted by molar-refractivity contribution is -0.961. The molecule has 10 nitrogen and oxygen atoms in total. The zero-order chi connectivity index (χ0) is 35.2. The van der Waals surface area contributed by atoms with Crippen molar-refractivity contribution in [2.24, 2.45) is 11.8 Å². The van der Waals surface area contributed by atoms with Crippen molar-refractivity contribution in [1.29, 1.82) is 0 Å². The minimum Gasteiger partial charge on any atom is -0.462 e. The molecule has 2 aromatic rings. The molecule has 0 radical (unpaired) electrons. The van der Waals surface area contributed by atoms with Gasteiger partial charge in [0.05, 0.1) is 50.1 Å². The smallest absolute Gasteiger partial charge is 0.310 e. The van der Waals surface area contributed by atoms with Crippen molar-refractivity contribution in [1.82, 2.24) is 0 Å². The molecule has 0 amide bonds. The van der Waals surface area contributed by atoms with Crippen LogP contribution in [0.1, 0.15) is 89.2 Å². The van der Waals surface area contributed by atoms with Crippen LogP contribution in [0.3, 0.4) is 0 Å². The average molecular weight is 689 g/mol. The predicted octanol–water partition coefficient (Wildman–Crippen LogP) is 5.63. The van der Waals surface area contributed by atoms with Crippen molar-refractivity contribution in [2.75, 3.05) is 14.1 Å². The van der Waals surface area contributed by atoms with Gasteiger partial charge in [0.25, 0.3) is 0 Å². The normalized spacial score (nSPS) is 35.4. The van der Waals surface area contributed by atoms with Crippen LogP contribution in [-0.4, -0.2) is 83.3 Å². The van der Waals surface area contributed by atoms with E-state index in [1.165, 1.54) is 13.8 Å². The average Bonchev–Trinajstić information content (AvgIpc) is 3.26. The molecule has 1 aliphatic carbocycles. The summed E-state index contributed by atoms with van der Waals surface area (Å²) in [5.74, 6) is -0.781. The number of fused-ring (bicyclic) bond motifs is 4. The Hall–Kier alpha value is -3.76. The van der Waals surface area contributed by atoms with Crippen molar-refractivity contribution in [3.8, 4) is 11.5 Å². The maximum atomic E-state index is 13.5. The summed E-state index contributed by atoms with van der Waals surface area (Å²) in [6.07, 6.45) is 8.49. The summed E-state index contributed by atoms with van der Waals surface area (Å²) in [4.78, 5) is 50.4. The second-order valence-electron chi connectivity index (χ2n) is 16.0. The lowest BCUT2D eigenvalue weighted by Crippen LogP contribution is -2.59. The van der Waals surface area contributed by atoms with E-state index in [1.807, 2.05) is 48.5 Å². The number of benzene rings is 2. The summed E-state index contributed by atoms with van der Waals surface area (Å²) in [6.45, 7) is 4.38. The van der Waals surface area contributed by atoms with Gasteiger partial charge in [0.1, 0.15) is 36.8 Å². The Balaban J connectivity index is 0.920. The molecule has 4 bridgehead atoms. The fourth-order valence-electron chi connectivity index (χ4n) is 10.2. The van der Waals surface area contributed by atoms with E-state index < -0.39 is 11.8 Å². The molecule has 5 fully saturated rings. The molecule has 0 N–H and O–H groups in total. The van der Waals surface area contributed by atoms with Gasteiger partial charge in [-0.2, -0.15) is 0 Å². The van der Waals surface area contributed by atoms with Gasteiger partial charge < -0.3 is 27.9 Å². The van der Waals surface area contributed by atoms with Gasteiger partial charge in [-0.25, -0.2) is 0 Å². The molecule has 7 rings (SSSR count). The highest BCUT2D eigenvalue weighted by atomic mass is 16.6. The highest BCUT2D eigenvalue weighted by molar-refractivity contribution is 5.84. The molecule has 4 aliphatic heterocycles. The summed E-state index contributed by atoms with van der Waals surface area (Å²) < 4.78 is 25.1. The Bertz CT molecular complexity index is 1490. The molecule has 10 heteroatoms. The topological polar surface area (TPSA) is 105 Å². The predicted molar refractivity (Wildman–Crippen MR) is 183 cm³/mol. The third-order valence-electron chi connectivity index (χ3n) is 13.1. The first-order chi connectivity index (χ1) is 23.9. The van der Waals surface area contributed by atoms with Gasteiger partial charge in [-0.3, -0.25) is 19.2 Å². The van der Waals surface area contributed by atoms with Gasteiger partial charge in [0, 0.05) is 76.3 Å². The maximum absolute atomic E-state index is 13.5. The van der Waals surface area contributed by atoms with Crippen LogP contribution in [0.4, 0.5) is 0 Å². The van der Waals surface area contributed by atoms with E-state index in [1.54, 1.807) is 0 Å². The first kappa shape index (κ1) is 34.7. The van der Waals surface area contributed by atoms with E-state index in [0.717, 1.165) is 84.5 Å². The number of nitrogens with zero attached hydrogens (tertiary/aromatic N) is 2. The van der Waals surface area contributed by atoms with Crippen LogP contribution >= 0.6 is 0 Å². The SMILES string of the molecule is CC(=O)Oc1ccccc1C[N+]1(C)C2CCC1CC(OC(=O)C1CCC1C(=O)OC1CC3CCC(C1)[N+]3(C)Cc1ccccc1OC(C)=O)C2. The number of carbonyl (C=O) groups is 4. The third kappa shape index (κ3) is 6.68. The van der Waals surface area contributed by atoms with E-state index in [4.69, 9.17) is 18.9 Å². The van der Waals surface area contributed by atoms with Gasteiger partial charge in [0.2, 0.25) is 0 Å². The standard InChI is InChI=1S/C40H52N2O8/c1-25(43)47-37-11-7-5-9-27(37)23-41(3)29-13-14-30(41)20-33(19-29)49-39(45)35-17-18-36(35)40(46)50-34-21-31-15-16-32(22-34)42(31,4)24-28-10-6-8-12-38(28)48-26(2)44/h5-12,29-36H,13-24H2,1-4H3/q+2. The molecule has 0 spiro atoms. The van der Waals surface area contributed by atoms with Crippen molar-refractivity contribution in [3.05, 3.63) is 59.7 Å². The van der Waals surface area contributed by atoms with Crippen molar-refractivity contribution >= 4 is 23.9 Å². The Morgan fingerprint density at radius 2 is 0.900 bits per heavy atom. The minimum atomic E-state index is -0.433. The highest BCUT2D eigenvalue weighted by Gasteiger charge is 2.55. The Morgan fingerprint density at radius 1 is 0.560 bits per heavy atom. The molecular weight excluding hydrogens is 636 g/mol. The molecular formula is C40H52N2O8+2. The lowest BCUT2D eigenvalue weighted by atomic mass is 9.73. The first-order valence-corrected chi connectivity index (χ1v) is 18.6. The number of rotatable bonds is 10. The Morgan fingerprint density at radius 3 is 1.22 bits per heavy atom.